The zero-order chi connectivity index (χ0) is 24.0. The van der Waals surface area contributed by atoms with Crippen LogP contribution in [0.5, 0.6) is 0 Å². The monoisotopic (exact) mass is 444 g/mol. The molecule has 0 bridgehead atoms. The Balaban J connectivity index is 2.14. The quantitative estimate of drug-likeness (QED) is 0.648. The number of carbonyl (C=O) groups excluding carboxylic acids is 4. The van der Waals surface area contributed by atoms with Gasteiger partial charge in [-0.05, 0) is 23.4 Å². The molecule has 6 heteroatoms. The zero-order valence-corrected chi connectivity index (χ0v) is 19.1. The topological polar surface area (TPSA) is 86.7 Å². The smallest absolute Gasteiger partial charge is 0.313 e. The first kappa shape index (κ1) is 22.4. The molecule has 6 nitrogen and oxygen atoms in total. The molecule has 2 aliphatic rings. The molecule has 0 heterocycles. The van der Waals surface area contributed by atoms with E-state index in [2.05, 4.69) is 0 Å². The van der Waals surface area contributed by atoms with Crippen molar-refractivity contribution in [2.75, 3.05) is 0 Å². The lowest BCUT2D eigenvalue weighted by molar-refractivity contribution is -0.142. The summed E-state index contributed by atoms with van der Waals surface area (Å²) in [4.78, 5) is 52.2. The van der Waals surface area contributed by atoms with Crippen LogP contribution in [-0.2, 0) is 28.7 Å². The lowest BCUT2D eigenvalue weighted by Gasteiger charge is -2.23. The number of fused-ring (bicyclic) bond motifs is 3. The lowest BCUT2D eigenvalue weighted by Crippen LogP contribution is -2.48. The molecule has 0 saturated carbocycles. The Hall–Kier alpha value is -3.80. The highest BCUT2D eigenvalue weighted by atomic mass is 16.5. The Morgan fingerprint density at radius 2 is 1.12 bits per heavy atom. The molecule has 0 aliphatic heterocycles. The average molecular weight is 444 g/mol. The fourth-order valence-corrected chi connectivity index (χ4v) is 3.82. The molecule has 0 unspecified atom stereocenters. The van der Waals surface area contributed by atoms with Crippen molar-refractivity contribution in [3.05, 3.63) is 68.9 Å². The molecule has 0 radical (unpaired) electrons. The third kappa shape index (κ3) is 3.71. The second-order valence-electron chi connectivity index (χ2n) is 8.81. The van der Waals surface area contributed by atoms with Crippen molar-refractivity contribution in [2.24, 2.45) is 11.8 Å². The molecule has 33 heavy (non-hydrogen) atoms. The van der Waals surface area contributed by atoms with Crippen LogP contribution >= 0.6 is 0 Å². The van der Waals surface area contributed by atoms with Gasteiger partial charge in [0, 0.05) is 21.6 Å². The molecular formula is C27H24O6. The molecule has 0 saturated heterocycles. The number of hydrogen-bond donors (Lipinski definition) is 0. The van der Waals surface area contributed by atoms with Crippen molar-refractivity contribution in [1.29, 1.82) is 0 Å². The van der Waals surface area contributed by atoms with Crippen LogP contribution in [0.1, 0.15) is 33.3 Å². The number of carbonyl (C=O) groups is 4. The van der Waals surface area contributed by atoms with E-state index in [1.165, 1.54) is 0 Å². The van der Waals surface area contributed by atoms with Crippen molar-refractivity contribution in [3.8, 4) is 0 Å². The molecule has 0 N–H and O–H groups in total. The van der Waals surface area contributed by atoms with Crippen molar-refractivity contribution < 1.29 is 28.7 Å². The van der Waals surface area contributed by atoms with Gasteiger partial charge in [-0.3, -0.25) is 19.2 Å². The van der Waals surface area contributed by atoms with E-state index in [0.717, 1.165) is 5.56 Å². The molecule has 0 amide bonds. The Morgan fingerprint density at radius 3 is 1.64 bits per heavy atom. The van der Waals surface area contributed by atoms with Gasteiger partial charge in [-0.15, -0.1) is 0 Å². The Morgan fingerprint density at radius 1 is 0.667 bits per heavy atom. The largest absolute Gasteiger partial charge is 0.421 e. The number of ether oxygens (including phenoxy) is 2. The molecule has 0 aromatic heterocycles. The van der Waals surface area contributed by atoms with E-state index in [-0.39, 0.29) is 22.7 Å². The highest BCUT2D eigenvalue weighted by Crippen LogP contribution is 2.26. The second-order valence-corrected chi connectivity index (χ2v) is 8.81. The van der Waals surface area contributed by atoms with Gasteiger partial charge in [0.15, 0.2) is 11.5 Å². The van der Waals surface area contributed by atoms with E-state index in [9.17, 15) is 19.2 Å². The minimum atomic E-state index is -0.551. The van der Waals surface area contributed by atoms with E-state index >= 15 is 0 Å². The van der Waals surface area contributed by atoms with E-state index in [4.69, 9.17) is 9.47 Å². The van der Waals surface area contributed by atoms with Crippen LogP contribution < -0.4 is 20.9 Å². The maximum absolute atomic E-state index is 13.7. The number of ketones is 2. The van der Waals surface area contributed by atoms with Crippen molar-refractivity contribution in [3.63, 3.8) is 0 Å². The summed E-state index contributed by atoms with van der Waals surface area (Å²) in [7, 11) is 0. The van der Waals surface area contributed by atoms with Gasteiger partial charge < -0.3 is 9.47 Å². The third-order valence-electron chi connectivity index (χ3n) is 5.59. The van der Waals surface area contributed by atoms with Gasteiger partial charge in [-0.2, -0.15) is 0 Å². The first-order chi connectivity index (χ1) is 15.6. The molecule has 2 aromatic rings. The van der Waals surface area contributed by atoms with Gasteiger partial charge in [0.25, 0.3) is 0 Å². The predicted octanol–water partition coefficient (Wildman–Crippen LogP) is 0.777. The number of rotatable bonds is 4. The normalized spacial score (nSPS) is 14.9. The lowest BCUT2D eigenvalue weighted by atomic mass is 9.83. The van der Waals surface area contributed by atoms with Crippen LogP contribution in [0.25, 0.3) is 22.7 Å². The molecule has 0 fully saturated rings. The Bertz CT molecular complexity index is 1490. The van der Waals surface area contributed by atoms with E-state index in [0.29, 0.717) is 20.9 Å². The standard InChI is InChI=1S/C27H24O6/c1-13(2)26(30)32-24-18-9-7-6-8-16(18)20-21(22(24)28)17-11-10-15(5)12-19(17)25(23(20)29)33-27(31)14(3)4/h6-14H,1-5H3. The van der Waals surface area contributed by atoms with Gasteiger partial charge >= 0.3 is 11.9 Å². The molecule has 168 valence electrons. The van der Waals surface area contributed by atoms with E-state index in [1.807, 2.05) is 13.0 Å². The van der Waals surface area contributed by atoms with Crippen LogP contribution in [0, 0.1) is 18.8 Å². The summed E-state index contributed by atoms with van der Waals surface area (Å²) < 4.78 is 11.1. The van der Waals surface area contributed by atoms with Crippen LogP contribution in [0.2, 0.25) is 0 Å². The fourth-order valence-electron chi connectivity index (χ4n) is 3.82. The van der Waals surface area contributed by atoms with Gasteiger partial charge in [0.2, 0.25) is 11.6 Å². The van der Waals surface area contributed by atoms with Crippen LogP contribution in [0.3, 0.4) is 0 Å². The molecular weight excluding hydrogens is 420 g/mol. The van der Waals surface area contributed by atoms with Crippen molar-refractivity contribution in [1.82, 2.24) is 0 Å². The fraction of sp³-hybridized carbons (Fsp3) is 0.259. The molecule has 0 atom stereocenters. The summed E-state index contributed by atoms with van der Waals surface area (Å²) in [5.74, 6) is -3.26. The summed E-state index contributed by atoms with van der Waals surface area (Å²) >= 11 is 0. The van der Waals surface area contributed by atoms with Crippen molar-refractivity contribution >= 4 is 46.2 Å². The minimum Gasteiger partial charge on any atom is -0.421 e. The maximum atomic E-state index is 13.7. The minimum absolute atomic E-state index is 0.101. The summed E-state index contributed by atoms with van der Waals surface area (Å²) in [6, 6.07) is 12.0. The highest BCUT2D eigenvalue weighted by molar-refractivity contribution is 6.58. The average Bonchev–Trinajstić information content (AvgIpc) is 2.77. The van der Waals surface area contributed by atoms with Crippen LogP contribution in [0.15, 0.2) is 42.5 Å². The van der Waals surface area contributed by atoms with Gasteiger partial charge in [0.1, 0.15) is 0 Å². The summed E-state index contributed by atoms with van der Waals surface area (Å²) in [6.45, 7) is 8.57. The number of esters is 2. The zero-order valence-electron chi connectivity index (χ0n) is 19.1. The summed E-state index contributed by atoms with van der Waals surface area (Å²) in [5, 5.41) is 1.64. The van der Waals surface area contributed by atoms with Crippen molar-refractivity contribution in [2.45, 2.75) is 34.6 Å². The summed E-state index contributed by atoms with van der Waals surface area (Å²) in [5.41, 5.74) is 1.12. The van der Waals surface area contributed by atoms with Gasteiger partial charge in [-0.1, -0.05) is 69.7 Å². The number of aryl methyl sites for hydroxylation is 1. The predicted molar refractivity (Wildman–Crippen MR) is 122 cm³/mol. The number of benzene rings is 2. The first-order valence-electron chi connectivity index (χ1n) is 10.8. The van der Waals surface area contributed by atoms with Crippen LogP contribution in [0.4, 0.5) is 0 Å². The second kappa shape index (κ2) is 8.28. The Kier molecular flexibility index (Phi) is 5.62. The number of hydrogen-bond acceptors (Lipinski definition) is 6. The third-order valence-corrected chi connectivity index (χ3v) is 5.59. The summed E-state index contributed by atoms with van der Waals surface area (Å²) in [6.07, 6.45) is 0. The first-order valence-corrected chi connectivity index (χ1v) is 10.8. The van der Waals surface area contributed by atoms with E-state index < -0.39 is 35.3 Å². The molecule has 2 aromatic carbocycles. The van der Waals surface area contributed by atoms with Gasteiger partial charge in [-0.25, -0.2) is 0 Å². The molecule has 2 aliphatic carbocycles. The van der Waals surface area contributed by atoms with Crippen LogP contribution in [-0.4, -0.2) is 23.5 Å². The SMILES string of the molecule is Cc1ccc2c(c1)=C(OC(=O)C(C)C)C(=O)C1=c3ccccc3=C(OC(=O)C(C)C)C(=O)C=21. The van der Waals surface area contributed by atoms with Gasteiger partial charge in [0.05, 0.1) is 11.8 Å². The number of Topliss-reactive ketones (excluding diaryl/α,β-unsaturated/α-hetero) is 2. The highest BCUT2D eigenvalue weighted by Gasteiger charge is 2.37. The molecule has 0 spiro atoms. The Labute approximate surface area is 190 Å². The molecule has 4 rings (SSSR count). The van der Waals surface area contributed by atoms with E-state index in [1.54, 1.807) is 64.1 Å². The maximum Gasteiger partial charge on any atom is 0.313 e.